The molecule has 0 radical (unpaired) electrons. The first-order valence-corrected chi connectivity index (χ1v) is 5.57. The number of hydrogen-bond acceptors (Lipinski definition) is 5. The molecule has 0 amide bonds. The van der Waals surface area contributed by atoms with Gasteiger partial charge in [-0.25, -0.2) is 0 Å². The predicted octanol–water partition coefficient (Wildman–Crippen LogP) is -0.607. The average Bonchev–Trinajstić information content (AvgIpc) is 1.98. The van der Waals surface area contributed by atoms with Crippen molar-refractivity contribution in [2.24, 2.45) is 0 Å². The Hall–Kier alpha value is -0.260. The summed E-state index contributed by atoms with van der Waals surface area (Å²) in [7, 11) is 1.44. The zero-order valence-electron chi connectivity index (χ0n) is 8.63. The third-order valence-corrected chi connectivity index (χ3v) is 2.28. The second-order valence-electron chi connectivity index (χ2n) is 3.76. The van der Waals surface area contributed by atoms with Crippen LogP contribution in [0.15, 0.2) is 0 Å². The van der Waals surface area contributed by atoms with Gasteiger partial charge in [-0.2, -0.15) is 0 Å². The number of phosphoric acid groups is 1. The Morgan fingerprint density at radius 3 is 2.36 bits per heavy atom. The van der Waals surface area contributed by atoms with Crippen LogP contribution in [0.1, 0.15) is 0 Å². The van der Waals surface area contributed by atoms with E-state index in [-0.39, 0.29) is 6.61 Å². The first-order valence-electron chi connectivity index (χ1n) is 4.11. The van der Waals surface area contributed by atoms with Gasteiger partial charge in [0, 0.05) is 0 Å². The van der Waals surface area contributed by atoms with Crippen molar-refractivity contribution in [3.63, 3.8) is 0 Å². The Labute approximate surface area is 83.6 Å². The normalized spacial score (nSPS) is 16.3. The van der Waals surface area contributed by atoms with Crippen LogP contribution in [0.4, 0.5) is 0 Å². The topological polar surface area (TPSA) is 75.7 Å². The van der Waals surface area contributed by atoms with Crippen molar-refractivity contribution in [1.29, 1.82) is 0 Å². The highest BCUT2D eigenvalue weighted by Gasteiger charge is 2.12. The van der Waals surface area contributed by atoms with Crippen LogP contribution >= 0.6 is 7.82 Å². The van der Waals surface area contributed by atoms with Gasteiger partial charge in [0.2, 0.25) is 0 Å². The van der Waals surface area contributed by atoms with Crippen LogP contribution < -0.4 is 4.89 Å². The van der Waals surface area contributed by atoms with Gasteiger partial charge in [0.1, 0.15) is 26.0 Å². The first-order chi connectivity index (χ1) is 6.27. The summed E-state index contributed by atoms with van der Waals surface area (Å²) in [4.78, 5) is 20.7. The van der Waals surface area contributed by atoms with E-state index >= 15 is 0 Å². The SMILES string of the molecule is C[N+](C)(C)CCOP(=O)([O-])OCC=O. The maximum absolute atomic E-state index is 10.9. The molecule has 0 saturated carbocycles. The summed E-state index contributed by atoms with van der Waals surface area (Å²) >= 11 is 0. The molecule has 84 valence electrons. The minimum atomic E-state index is -4.29. The predicted molar refractivity (Wildman–Crippen MR) is 48.5 cm³/mol. The number of rotatable bonds is 7. The van der Waals surface area contributed by atoms with Crippen LogP contribution in [-0.4, -0.2) is 51.7 Å². The highest BCUT2D eigenvalue weighted by Crippen LogP contribution is 2.37. The number of aldehydes is 1. The van der Waals surface area contributed by atoms with Crippen LogP contribution in [0, 0.1) is 0 Å². The number of quaternary nitrogens is 1. The highest BCUT2D eigenvalue weighted by atomic mass is 31.2. The van der Waals surface area contributed by atoms with Gasteiger partial charge in [0.15, 0.2) is 0 Å². The van der Waals surface area contributed by atoms with E-state index in [1.165, 1.54) is 0 Å². The van der Waals surface area contributed by atoms with Gasteiger partial charge in [-0.3, -0.25) is 4.57 Å². The summed E-state index contributed by atoms with van der Waals surface area (Å²) in [6, 6.07) is 0. The van der Waals surface area contributed by atoms with E-state index in [2.05, 4.69) is 9.05 Å². The highest BCUT2D eigenvalue weighted by molar-refractivity contribution is 7.45. The monoisotopic (exact) mass is 225 g/mol. The average molecular weight is 225 g/mol. The number of carbonyl (C=O) groups is 1. The lowest BCUT2D eigenvalue weighted by atomic mass is 10.5. The molecule has 0 fully saturated rings. The lowest BCUT2D eigenvalue weighted by Crippen LogP contribution is -2.37. The molecule has 0 rings (SSSR count). The van der Waals surface area contributed by atoms with E-state index in [1.54, 1.807) is 0 Å². The van der Waals surface area contributed by atoms with Crippen molar-refractivity contribution in [1.82, 2.24) is 0 Å². The van der Waals surface area contributed by atoms with Gasteiger partial charge in [-0.15, -0.1) is 0 Å². The van der Waals surface area contributed by atoms with Crippen molar-refractivity contribution in [3.8, 4) is 0 Å². The van der Waals surface area contributed by atoms with Crippen LogP contribution in [0.5, 0.6) is 0 Å². The van der Waals surface area contributed by atoms with Crippen LogP contribution in [0.25, 0.3) is 0 Å². The molecule has 0 aliphatic heterocycles. The lowest BCUT2D eigenvalue weighted by Gasteiger charge is -2.26. The summed E-state index contributed by atoms with van der Waals surface area (Å²) in [5.41, 5.74) is 0. The van der Waals surface area contributed by atoms with E-state index in [9.17, 15) is 14.3 Å². The standard InChI is InChI=1S/C7H16NO5P/c1-8(2,3)4-6-12-14(10,11)13-7-5-9/h5H,4,6-7H2,1-3H3. The maximum Gasteiger partial charge on any atom is 0.268 e. The number of carbonyl (C=O) groups excluding carboxylic acids is 1. The molecule has 0 spiro atoms. The first kappa shape index (κ1) is 13.7. The molecular weight excluding hydrogens is 209 g/mol. The zero-order chi connectivity index (χ0) is 11.2. The number of likely N-dealkylation sites (N-methyl/N-ethyl adjacent to an activating group) is 1. The molecule has 7 heteroatoms. The smallest absolute Gasteiger partial charge is 0.268 e. The van der Waals surface area contributed by atoms with E-state index in [0.717, 1.165) is 0 Å². The Balaban J connectivity index is 3.76. The molecule has 0 bridgehead atoms. The van der Waals surface area contributed by atoms with E-state index in [0.29, 0.717) is 17.3 Å². The Morgan fingerprint density at radius 2 is 1.93 bits per heavy atom. The Bertz CT molecular complexity index is 225. The molecule has 1 atom stereocenters. The number of nitrogens with zero attached hydrogens (tertiary/aromatic N) is 1. The van der Waals surface area contributed by atoms with Crippen molar-refractivity contribution in [2.45, 2.75) is 0 Å². The summed E-state index contributed by atoms with van der Waals surface area (Å²) in [5, 5.41) is 0. The lowest BCUT2D eigenvalue weighted by molar-refractivity contribution is -0.870. The molecule has 0 N–H and O–H groups in total. The van der Waals surface area contributed by atoms with Gasteiger partial charge in [0.05, 0.1) is 21.1 Å². The van der Waals surface area contributed by atoms with Gasteiger partial charge < -0.3 is 23.2 Å². The maximum atomic E-state index is 10.9. The molecule has 0 aromatic rings. The quantitative estimate of drug-likeness (QED) is 0.328. The van der Waals surface area contributed by atoms with Gasteiger partial charge >= 0.3 is 0 Å². The molecular formula is C7H16NO5P. The number of hydrogen-bond donors (Lipinski definition) is 0. The van der Waals surface area contributed by atoms with E-state index in [1.807, 2.05) is 21.1 Å². The third kappa shape index (κ3) is 8.34. The number of phosphoric ester groups is 1. The van der Waals surface area contributed by atoms with Gasteiger partial charge in [-0.1, -0.05) is 0 Å². The molecule has 0 aromatic carbocycles. The fourth-order valence-electron chi connectivity index (χ4n) is 0.585. The molecule has 0 aliphatic rings. The fraction of sp³-hybridized carbons (Fsp3) is 0.857. The summed E-state index contributed by atoms with van der Waals surface area (Å²) in [5.74, 6) is 0. The van der Waals surface area contributed by atoms with Crippen LogP contribution in [0.3, 0.4) is 0 Å². The summed E-state index contributed by atoms with van der Waals surface area (Å²) in [6.07, 6.45) is 0.355. The second kappa shape index (κ2) is 5.58. The minimum absolute atomic E-state index is 0.0448. The van der Waals surface area contributed by atoms with E-state index < -0.39 is 14.4 Å². The molecule has 1 unspecified atom stereocenters. The Morgan fingerprint density at radius 1 is 1.36 bits per heavy atom. The largest absolute Gasteiger partial charge is 0.756 e. The molecule has 0 saturated heterocycles. The second-order valence-corrected chi connectivity index (χ2v) is 5.17. The van der Waals surface area contributed by atoms with Crippen molar-refractivity contribution in [2.75, 3.05) is 40.9 Å². The van der Waals surface area contributed by atoms with Gasteiger partial charge in [-0.05, 0) is 0 Å². The fourth-order valence-corrected chi connectivity index (χ4v) is 1.21. The van der Waals surface area contributed by atoms with Gasteiger partial charge in [0.25, 0.3) is 7.82 Å². The Kier molecular flexibility index (Phi) is 5.48. The summed E-state index contributed by atoms with van der Waals surface area (Å²) < 4.78 is 20.2. The molecule has 0 heterocycles. The molecule has 14 heavy (non-hydrogen) atoms. The molecule has 0 aromatic heterocycles. The minimum Gasteiger partial charge on any atom is -0.756 e. The van der Waals surface area contributed by atoms with Crippen molar-refractivity contribution >= 4 is 14.1 Å². The zero-order valence-corrected chi connectivity index (χ0v) is 9.53. The molecule has 0 aliphatic carbocycles. The van der Waals surface area contributed by atoms with Crippen molar-refractivity contribution < 1.29 is 27.8 Å². The van der Waals surface area contributed by atoms with Crippen LogP contribution in [-0.2, 0) is 18.4 Å². The van der Waals surface area contributed by atoms with Crippen LogP contribution in [0.2, 0.25) is 0 Å². The summed E-state index contributed by atoms with van der Waals surface area (Å²) in [6.45, 7) is 0.0883. The van der Waals surface area contributed by atoms with E-state index in [4.69, 9.17) is 0 Å². The van der Waals surface area contributed by atoms with Crippen molar-refractivity contribution in [3.05, 3.63) is 0 Å². The third-order valence-electron chi connectivity index (χ3n) is 1.31. The molecule has 6 nitrogen and oxygen atoms in total.